The number of morpholine rings is 1. The van der Waals surface area contributed by atoms with Crippen LogP contribution in [0.5, 0.6) is 0 Å². The SMILES string of the molecule is CC(=O)N1CCN(C(=O)c2ccc(CN3CC(C)OC(C)C3)cc2)C(C)C1. The second kappa shape index (κ2) is 8.40. The van der Waals surface area contributed by atoms with Crippen LogP contribution in [0.3, 0.4) is 0 Å². The molecule has 2 saturated heterocycles. The lowest BCUT2D eigenvalue weighted by molar-refractivity contribution is -0.131. The van der Waals surface area contributed by atoms with Crippen molar-refractivity contribution in [1.82, 2.24) is 14.7 Å². The first-order chi connectivity index (χ1) is 12.8. The van der Waals surface area contributed by atoms with E-state index in [-0.39, 0.29) is 30.1 Å². The number of rotatable bonds is 3. The van der Waals surface area contributed by atoms with Crippen LogP contribution in [0, 0.1) is 0 Å². The molecule has 6 nitrogen and oxygen atoms in total. The summed E-state index contributed by atoms with van der Waals surface area (Å²) in [6, 6.07) is 7.98. The predicted molar refractivity (Wildman–Crippen MR) is 104 cm³/mol. The van der Waals surface area contributed by atoms with E-state index in [0.29, 0.717) is 25.2 Å². The Morgan fingerprint density at radius 3 is 2.19 bits per heavy atom. The maximum Gasteiger partial charge on any atom is 0.254 e. The molecule has 3 atom stereocenters. The van der Waals surface area contributed by atoms with Gasteiger partial charge in [0.05, 0.1) is 12.2 Å². The van der Waals surface area contributed by atoms with Gasteiger partial charge in [-0.1, -0.05) is 12.1 Å². The van der Waals surface area contributed by atoms with Crippen molar-refractivity contribution < 1.29 is 14.3 Å². The number of nitrogens with zero attached hydrogens (tertiary/aromatic N) is 3. The highest BCUT2D eigenvalue weighted by molar-refractivity contribution is 5.94. The topological polar surface area (TPSA) is 53.1 Å². The number of benzene rings is 1. The van der Waals surface area contributed by atoms with E-state index >= 15 is 0 Å². The Hall–Kier alpha value is -1.92. The Labute approximate surface area is 162 Å². The fourth-order valence-electron chi connectivity index (χ4n) is 4.14. The van der Waals surface area contributed by atoms with E-state index in [1.54, 1.807) is 6.92 Å². The highest BCUT2D eigenvalue weighted by Crippen LogP contribution is 2.17. The highest BCUT2D eigenvalue weighted by atomic mass is 16.5. The zero-order chi connectivity index (χ0) is 19.6. The Bertz CT molecular complexity index is 666. The molecule has 1 aromatic rings. The number of ether oxygens (including phenoxy) is 1. The fraction of sp³-hybridized carbons (Fsp3) is 0.619. The highest BCUT2D eigenvalue weighted by Gasteiger charge is 2.29. The first-order valence-electron chi connectivity index (χ1n) is 9.86. The van der Waals surface area contributed by atoms with E-state index in [2.05, 4.69) is 30.9 Å². The second-order valence-electron chi connectivity index (χ2n) is 7.96. The summed E-state index contributed by atoms with van der Waals surface area (Å²) in [5.41, 5.74) is 1.92. The van der Waals surface area contributed by atoms with E-state index in [4.69, 9.17) is 4.74 Å². The molecule has 27 heavy (non-hydrogen) atoms. The van der Waals surface area contributed by atoms with Crippen LogP contribution < -0.4 is 0 Å². The monoisotopic (exact) mass is 373 g/mol. The van der Waals surface area contributed by atoms with Gasteiger partial charge in [0, 0.05) is 57.8 Å². The van der Waals surface area contributed by atoms with Crippen LogP contribution >= 0.6 is 0 Å². The summed E-state index contributed by atoms with van der Waals surface area (Å²) in [5.74, 6) is 0.121. The summed E-state index contributed by atoms with van der Waals surface area (Å²) < 4.78 is 5.79. The van der Waals surface area contributed by atoms with Gasteiger partial charge < -0.3 is 14.5 Å². The van der Waals surface area contributed by atoms with Crippen LogP contribution in [0.25, 0.3) is 0 Å². The van der Waals surface area contributed by atoms with Gasteiger partial charge in [0.15, 0.2) is 0 Å². The molecule has 3 rings (SSSR count). The minimum atomic E-state index is 0.0335. The molecule has 0 N–H and O–H groups in total. The minimum absolute atomic E-state index is 0.0335. The molecule has 3 unspecified atom stereocenters. The first-order valence-corrected chi connectivity index (χ1v) is 9.86. The first kappa shape index (κ1) is 19.8. The summed E-state index contributed by atoms with van der Waals surface area (Å²) >= 11 is 0. The van der Waals surface area contributed by atoms with Crippen molar-refractivity contribution in [2.75, 3.05) is 32.7 Å². The molecule has 148 valence electrons. The molecule has 0 radical (unpaired) electrons. The van der Waals surface area contributed by atoms with E-state index in [1.807, 2.05) is 28.9 Å². The van der Waals surface area contributed by atoms with Crippen molar-refractivity contribution in [3.05, 3.63) is 35.4 Å². The lowest BCUT2D eigenvalue weighted by Gasteiger charge is -2.39. The molecular formula is C21H31N3O3. The van der Waals surface area contributed by atoms with E-state index in [9.17, 15) is 9.59 Å². The maximum atomic E-state index is 12.9. The average molecular weight is 373 g/mol. The van der Waals surface area contributed by atoms with Gasteiger partial charge >= 0.3 is 0 Å². The van der Waals surface area contributed by atoms with Crippen molar-refractivity contribution in [3.63, 3.8) is 0 Å². The Morgan fingerprint density at radius 2 is 1.63 bits per heavy atom. The third kappa shape index (κ3) is 4.87. The van der Waals surface area contributed by atoms with Crippen LogP contribution in [0.2, 0.25) is 0 Å². The summed E-state index contributed by atoms with van der Waals surface area (Å²) in [5, 5.41) is 0. The smallest absolute Gasteiger partial charge is 0.254 e. The Morgan fingerprint density at radius 1 is 1.00 bits per heavy atom. The van der Waals surface area contributed by atoms with Gasteiger partial charge in [0.1, 0.15) is 0 Å². The predicted octanol–water partition coefficient (Wildman–Crippen LogP) is 1.99. The van der Waals surface area contributed by atoms with E-state index in [0.717, 1.165) is 19.6 Å². The molecule has 2 amide bonds. The number of piperazine rings is 1. The van der Waals surface area contributed by atoms with Crippen molar-refractivity contribution >= 4 is 11.8 Å². The van der Waals surface area contributed by atoms with Crippen LogP contribution in [0.15, 0.2) is 24.3 Å². The molecule has 1 aromatic carbocycles. The standard InChI is InChI=1S/C21H31N3O3/c1-15-11-23(18(4)25)9-10-24(15)21(26)20-7-5-19(6-8-20)14-22-12-16(2)27-17(3)13-22/h5-8,15-17H,9-14H2,1-4H3. The summed E-state index contributed by atoms with van der Waals surface area (Å²) in [7, 11) is 0. The molecule has 2 heterocycles. The van der Waals surface area contributed by atoms with Crippen LogP contribution in [0.4, 0.5) is 0 Å². The van der Waals surface area contributed by atoms with Crippen molar-refractivity contribution in [2.45, 2.75) is 52.5 Å². The van der Waals surface area contributed by atoms with Crippen molar-refractivity contribution in [2.24, 2.45) is 0 Å². The third-order valence-electron chi connectivity index (χ3n) is 5.44. The molecule has 2 fully saturated rings. The maximum absolute atomic E-state index is 12.9. The zero-order valence-corrected chi connectivity index (χ0v) is 16.9. The van der Waals surface area contributed by atoms with Crippen LogP contribution in [-0.2, 0) is 16.1 Å². The fourth-order valence-corrected chi connectivity index (χ4v) is 4.14. The molecule has 0 aromatic heterocycles. The lowest BCUT2D eigenvalue weighted by atomic mass is 10.1. The van der Waals surface area contributed by atoms with Gasteiger partial charge in [-0.05, 0) is 38.5 Å². The largest absolute Gasteiger partial charge is 0.373 e. The third-order valence-corrected chi connectivity index (χ3v) is 5.44. The summed E-state index contributed by atoms with van der Waals surface area (Å²) in [6.45, 7) is 12.3. The lowest BCUT2D eigenvalue weighted by Crippen LogP contribution is -2.55. The van der Waals surface area contributed by atoms with Gasteiger partial charge in [-0.25, -0.2) is 0 Å². The van der Waals surface area contributed by atoms with Gasteiger partial charge in [-0.2, -0.15) is 0 Å². The quantitative estimate of drug-likeness (QED) is 0.813. The van der Waals surface area contributed by atoms with E-state index < -0.39 is 0 Å². The van der Waals surface area contributed by atoms with Crippen LogP contribution in [0.1, 0.15) is 43.6 Å². The molecule has 0 aliphatic carbocycles. The van der Waals surface area contributed by atoms with Crippen molar-refractivity contribution in [3.8, 4) is 0 Å². The molecule has 0 bridgehead atoms. The number of carbonyl (C=O) groups excluding carboxylic acids is 2. The molecular weight excluding hydrogens is 342 g/mol. The van der Waals surface area contributed by atoms with Crippen LogP contribution in [-0.4, -0.2) is 77.5 Å². The molecule has 0 spiro atoms. The molecule has 2 aliphatic heterocycles. The number of hydrogen-bond acceptors (Lipinski definition) is 4. The second-order valence-corrected chi connectivity index (χ2v) is 7.96. The normalized spacial score (nSPS) is 26.9. The molecule has 6 heteroatoms. The van der Waals surface area contributed by atoms with Gasteiger partial charge in [0.2, 0.25) is 5.91 Å². The van der Waals surface area contributed by atoms with E-state index in [1.165, 1.54) is 5.56 Å². The van der Waals surface area contributed by atoms with Crippen molar-refractivity contribution in [1.29, 1.82) is 0 Å². The van der Waals surface area contributed by atoms with Gasteiger partial charge in [0.25, 0.3) is 5.91 Å². The summed E-state index contributed by atoms with van der Waals surface area (Å²) in [6.07, 6.45) is 0.509. The number of hydrogen-bond donors (Lipinski definition) is 0. The molecule has 2 aliphatic rings. The van der Waals surface area contributed by atoms with Gasteiger partial charge in [-0.3, -0.25) is 14.5 Å². The molecule has 0 saturated carbocycles. The van der Waals surface area contributed by atoms with Gasteiger partial charge in [-0.15, -0.1) is 0 Å². The number of carbonyl (C=O) groups is 2. The Kier molecular flexibility index (Phi) is 6.17. The zero-order valence-electron chi connectivity index (χ0n) is 16.9. The number of amides is 2. The average Bonchev–Trinajstić information content (AvgIpc) is 2.60. The summed E-state index contributed by atoms with van der Waals surface area (Å²) in [4.78, 5) is 30.5. The Balaban J connectivity index is 1.60. The minimum Gasteiger partial charge on any atom is -0.373 e.